The third-order valence-electron chi connectivity index (χ3n) is 4.56. The highest BCUT2D eigenvalue weighted by atomic mass is 35.5. The maximum atomic E-state index is 12.5. The molecular formula is C19H21ClN2O4S. The van der Waals surface area contributed by atoms with E-state index in [-0.39, 0.29) is 10.8 Å². The van der Waals surface area contributed by atoms with Crippen LogP contribution < -0.4 is 9.64 Å². The van der Waals surface area contributed by atoms with Crippen LogP contribution in [0.15, 0.2) is 53.4 Å². The maximum absolute atomic E-state index is 12.5. The molecule has 1 aliphatic rings. The number of hydrogen-bond donors (Lipinski definition) is 0. The van der Waals surface area contributed by atoms with Gasteiger partial charge in [-0.3, -0.25) is 4.79 Å². The summed E-state index contributed by atoms with van der Waals surface area (Å²) >= 11 is 5.79. The van der Waals surface area contributed by atoms with Gasteiger partial charge in [-0.25, -0.2) is 8.42 Å². The summed E-state index contributed by atoms with van der Waals surface area (Å²) in [7, 11) is -2.05. The first-order valence-electron chi connectivity index (χ1n) is 8.54. The van der Waals surface area contributed by atoms with Crippen molar-refractivity contribution in [3.63, 3.8) is 0 Å². The molecule has 2 aromatic rings. The van der Waals surface area contributed by atoms with E-state index >= 15 is 0 Å². The van der Waals surface area contributed by atoms with Crippen LogP contribution in [0.4, 0.5) is 5.69 Å². The van der Waals surface area contributed by atoms with Crippen LogP contribution in [0.3, 0.4) is 0 Å². The molecule has 0 N–H and O–H groups in total. The number of benzene rings is 2. The van der Waals surface area contributed by atoms with E-state index in [0.29, 0.717) is 31.2 Å². The zero-order valence-corrected chi connectivity index (χ0v) is 16.5. The number of nitrogens with zero attached hydrogens (tertiary/aromatic N) is 2. The Hall–Kier alpha value is -2.25. The molecule has 1 fully saturated rings. The van der Waals surface area contributed by atoms with Crippen LogP contribution in [0, 0.1) is 0 Å². The van der Waals surface area contributed by atoms with E-state index in [9.17, 15) is 13.2 Å². The predicted octanol–water partition coefficient (Wildman–Crippen LogP) is 2.47. The number of anilines is 1. The summed E-state index contributed by atoms with van der Waals surface area (Å²) in [6.45, 7) is 2.28. The van der Waals surface area contributed by atoms with Crippen LogP contribution in [-0.2, 0) is 14.6 Å². The lowest BCUT2D eigenvalue weighted by Crippen LogP contribution is -2.50. The summed E-state index contributed by atoms with van der Waals surface area (Å²) in [5.74, 6) is -0.115. The summed E-state index contributed by atoms with van der Waals surface area (Å²) in [6.07, 6.45) is 0. The quantitative estimate of drug-likeness (QED) is 0.760. The van der Waals surface area contributed by atoms with Crippen LogP contribution in [-0.4, -0.2) is 58.3 Å². The Morgan fingerprint density at radius 1 is 1.00 bits per heavy atom. The number of carbonyl (C=O) groups is 1. The van der Waals surface area contributed by atoms with E-state index < -0.39 is 15.6 Å². The van der Waals surface area contributed by atoms with E-state index in [1.165, 1.54) is 24.3 Å². The first-order chi connectivity index (χ1) is 12.9. The van der Waals surface area contributed by atoms with Crippen molar-refractivity contribution in [1.29, 1.82) is 0 Å². The molecule has 2 aromatic carbocycles. The van der Waals surface area contributed by atoms with Gasteiger partial charge < -0.3 is 14.5 Å². The number of piperazine rings is 1. The Labute approximate surface area is 164 Å². The molecule has 0 aliphatic carbocycles. The molecule has 0 spiro atoms. The molecule has 1 heterocycles. The second-order valence-corrected chi connectivity index (χ2v) is 8.70. The smallest absolute Gasteiger partial charge is 0.238 e. The Morgan fingerprint density at radius 2 is 1.59 bits per heavy atom. The van der Waals surface area contributed by atoms with Crippen LogP contribution in [0.5, 0.6) is 5.75 Å². The zero-order chi connectivity index (χ0) is 19.4. The molecule has 27 heavy (non-hydrogen) atoms. The Balaban J connectivity index is 1.58. The summed E-state index contributed by atoms with van der Waals surface area (Å²) in [5.41, 5.74) is 1.05. The average molecular weight is 409 g/mol. The SMILES string of the molecule is COc1ccc(N2CCN(C(=O)CS(=O)(=O)c3ccc(Cl)cc3)CC2)cc1. The van der Waals surface area contributed by atoms with Gasteiger partial charge >= 0.3 is 0 Å². The van der Waals surface area contributed by atoms with Crippen molar-refractivity contribution < 1.29 is 17.9 Å². The highest BCUT2D eigenvalue weighted by molar-refractivity contribution is 7.92. The molecule has 8 heteroatoms. The molecule has 0 atom stereocenters. The molecule has 1 aliphatic heterocycles. The lowest BCUT2D eigenvalue weighted by molar-refractivity contribution is -0.128. The second kappa shape index (κ2) is 8.19. The standard InChI is InChI=1S/C19H21ClN2O4S/c1-26-17-6-4-16(5-7-17)21-10-12-22(13-11-21)19(23)14-27(24,25)18-8-2-15(20)3-9-18/h2-9H,10-14H2,1H3. The molecular weight excluding hydrogens is 388 g/mol. The number of sulfone groups is 1. The fraction of sp³-hybridized carbons (Fsp3) is 0.316. The van der Waals surface area contributed by atoms with E-state index in [1.54, 1.807) is 12.0 Å². The molecule has 144 valence electrons. The van der Waals surface area contributed by atoms with E-state index in [1.807, 2.05) is 24.3 Å². The van der Waals surface area contributed by atoms with Crippen molar-refractivity contribution in [1.82, 2.24) is 4.90 Å². The van der Waals surface area contributed by atoms with Gasteiger partial charge in [-0.05, 0) is 48.5 Å². The third-order valence-corrected chi connectivity index (χ3v) is 6.43. The van der Waals surface area contributed by atoms with Gasteiger partial charge in [0.1, 0.15) is 11.5 Å². The average Bonchev–Trinajstić information content (AvgIpc) is 2.68. The van der Waals surface area contributed by atoms with Crippen molar-refractivity contribution in [2.45, 2.75) is 4.90 Å². The van der Waals surface area contributed by atoms with Gasteiger partial charge in [-0.15, -0.1) is 0 Å². The number of ether oxygens (including phenoxy) is 1. The van der Waals surface area contributed by atoms with Crippen LogP contribution in [0.25, 0.3) is 0 Å². The van der Waals surface area contributed by atoms with Gasteiger partial charge in [0, 0.05) is 36.9 Å². The van der Waals surface area contributed by atoms with Gasteiger partial charge in [0.05, 0.1) is 12.0 Å². The van der Waals surface area contributed by atoms with Crippen molar-refractivity contribution in [2.24, 2.45) is 0 Å². The lowest BCUT2D eigenvalue weighted by Gasteiger charge is -2.36. The maximum Gasteiger partial charge on any atom is 0.238 e. The first-order valence-corrected chi connectivity index (χ1v) is 10.6. The minimum absolute atomic E-state index is 0.108. The first kappa shape index (κ1) is 19.5. The van der Waals surface area contributed by atoms with Crippen LogP contribution in [0.2, 0.25) is 5.02 Å². The Bertz CT molecular complexity index is 890. The summed E-state index contributed by atoms with van der Waals surface area (Å²) in [4.78, 5) is 16.3. The molecule has 6 nitrogen and oxygen atoms in total. The van der Waals surface area contributed by atoms with Crippen molar-refractivity contribution in [3.05, 3.63) is 53.6 Å². The molecule has 0 bridgehead atoms. The predicted molar refractivity (Wildman–Crippen MR) is 105 cm³/mol. The number of methoxy groups -OCH3 is 1. The second-order valence-electron chi connectivity index (χ2n) is 6.28. The van der Waals surface area contributed by atoms with Crippen LogP contribution >= 0.6 is 11.6 Å². The topological polar surface area (TPSA) is 66.9 Å². The fourth-order valence-corrected chi connectivity index (χ4v) is 4.34. The number of rotatable bonds is 5. The summed E-state index contributed by atoms with van der Waals surface area (Å²) in [6, 6.07) is 13.6. The van der Waals surface area contributed by atoms with Crippen molar-refractivity contribution >= 4 is 33.0 Å². The minimum atomic E-state index is -3.68. The number of carbonyl (C=O) groups excluding carboxylic acids is 1. The number of amides is 1. The Morgan fingerprint density at radius 3 is 2.15 bits per heavy atom. The molecule has 1 saturated heterocycles. The van der Waals surface area contributed by atoms with Crippen LogP contribution in [0.1, 0.15) is 0 Å². The molecule has 0 aromatic heterocycles. The fourth-order valence-electron chi connectivity index (χ4n) is 2.99. The monoisotopic (exact) mass is 408 g/mol. The molecule has 0 unspecified atom stereocenters. The van der Waals surface area contributed by atoms with E-state index in [2.05, 4.69) is 4.90 Å². The minimum Gasteiger partial charge on any atom is -0.497 e. The van der Waals surface area contributed by atoms with Gasteiger partial charge in [-0.1, -0.05) is 11.6 Å². The van der Waals surface area contributed by atoms with E-state index in [4.69, 9.17) is 16.3 Å². The molecule has 0 radical (unpaired) electrons. The molecule has 0 saturated carbocycles. The summed E-state index contributed by atoms with van der Waals surface area (Å²) in [5, 5.41) is 0.454. The van der Waals surface area contributed by atoms with E-state index in [0.717, 1.165) is 11.4 Å². The van der Waals surface area contributed by atoms with Gasteiger partial charge in [0.15, 0.2) is 9.84 Å². The highest BCUT2D eigenvalue weighted by Gasteiger charge is 2.26. The largest absolute Gasteiger partial charge is 0.497 e. The summed E-state index contributed by atoms with van der Waals surface area (Å²) < 4.78 is 30.0. The number of hydrogen-bond acceptors (Lipinski definition) is 5. The lowest BCUT2D eigenvalue weighted by atomic mass is 10.2. The zero-order valence-electron chi connectivity index (χ0n) is 15.0. The Kier molecular flexibility index (Phi) is 5.92. The van der Waals surface area contributed by atoms with Crippen molar-refractivity contribution in [2.75, 3.05) is 43.9 Å². The van der Waals surface area contributed by atoms with Crippen molar-refractivity contribution in [3.8, 4) is 5.75 Å². The molecule has 1 amide bonds. The number of halogens is 1. The highest BCUT2D eigenvalue weighted by Crippen LogP contribution is 2.21. The van der Waals surface area contributed by atoms with Gasteiger partial charge in [0.25, 0.3) is 0 Å². The third kappa shape index (κ3) is 4.73. The van der Waals surface area contributed by atoms with Gasteiger partial charge in [0.2, 0.25) is 5.91 Å². The van der Waals surface area contributed by atoms with Gasteiger partial charge in [-0.2, -0.15) is 0 Å². The molecule has 3 rings (SSSR count). The normalized spacial score (nSPS) is 14.9.